The van der Waals surface area contributed by atoms with E-state index in [2.05, 4.69) is 20.3 Å². The number of piperazine rings is 1. The summed E-state index contributed by atoms with van der Waals surface area (Å²) in [5.41, 5.74) is 0. The van der Waals surface area contributed by atoms with Crippen molar-refractivity contribution in [3.05, 3.63) is 17.0 Å². The van der Waals surface area contributed by atoms with Gasteiger partial charge in [0.05, 0.1) is 6.54 Å². The van der Waals surface area contributed by atoms with Crippen molar-refractivity contribution in [1.82, 2.24) is 20.3 Å². The smallest absolute Gasteiger partial charge is 0.250 e. The van der Waals surface area contributed by atoms with Gasteiger partial charge in [0.1, 0.15) is 4.21 Å². The first-order valence-corrected chi connectivity index (χ1v) is 10.0. The highest BCUT2D eigenvalue weighted by Crippen LogP contribution is 2.21. The molecule has 1 aliphatic heterocycles. The highest BCUT2D eigenvalue weighted by atomic mass is 32.2. The summed E-state index contributed by atoms with van der Waals surface area (Å²) in [4.78, 5) is 14.0. The van der Waals surface area contributed by atoms with Crippen molar-refractivity contribution < 1.29 is 13.2 Å². The van der Waals surface area contributed by atoms with E-state index in [-0.39, 0.29) is 5.91 Å². The molecule has 2 rings (SSSR count). The number of sulfonamides is 1. The van der Waals surface area contributed by atoms with E-state index in [4.69, 9.17) is 0 Å². The van der Waals surface area contributed by atoms with Gasteiger partial charge in [0, 0.05) is 44.5 Å². The molecular formula is C14H24N4O3S2. The Labute approximate surface area is 141 Å². The van der Waals surface area contributed by atoms with Crippen molar-refractivity contribution in [3.8, 4) is 0 Å². The molecule has 0 aromatic carbocycles. The van der Waals surface area contributed by atoms with Gasteiger partial charge in [0.25, 0.3) is 0 Å². The number of rotatable bonds is 8. The maximum atomic E-state index is 12.2. The first-order valence-electron chi connectivity index (χ1n) is 7.73. The molecule has 1 aromatic heterocycles. The maximum Gasteiger partial charge on any atom is 0.250 e. The van der Waals surface area contributed by atoms with Gasteiger partial charge in [-0.25, -0.2) is 13.1 Å². The number of amides is 1. The molecule has 1 fully saturated rings. The molecule has 1 aliphatic rings. The number of carbonyl (C=O) groups excluding carboxylic acids is 1. The van der Waals surface area contributed by atoms with Crippen LogP contribution >= 0.6 is 11.3 Å². The predicted octanol–water partition coefficient (Wildman–Crippen LogP) is -0.0422. The van der Waals surface area contributed by atoms with Crippen molar-refractivity contribution in [2.75, 3.05) is 39.3 Å². The van der Waals surface area contributed by atoms with E-state index in [1.54, 1.807) is 12.1 Å². The van der Waals surface area contributed by atoms with E-state index in [9.17, 15) is 13.2 Å². The third-order valence-corrected chi connectivity index (χ3v) is 6.60. The monoisotopic (exact) mass is 360 g/mol. The minimum absolute atomic E-state index is 0.131. The molecule has 0 bridgehead atoms. The van der Waals surface area contributed by atoms with Gasteiger partial charge < -0.3 is 15.5 Å². The normalized spacial score (nSPS) is 16.4. The van der Waals surface area contributed by atoms with E-state index >= 15 is 0 Å². The average molecular weight is 361 g/mol. The Bertz CT molecular complexity index is 609. The Kier molecular flexibility index (Phi) is 6.97. The molecule has 0 unspecified atom stereocenters. The molecule has 0 atom stereocenters. The highest BCUT2D eigenvalue weighted by molar-refractivity contribution is 7.91. The summed E-state index contributed by atoms with van der Waals surface area (Å²) in [7, 11) is -3.46. The summed E-state index contributed by atoms with van der Waals surface area (Å²) < 4.78 is 27.4. The molecule has 1 saturated heterocycles. The fraction of sp³-hybridized carbons (Fsp3) is 0.643. The zero-order valence-electron chi connectivity index (χ0n) is 13.3. The van der Waals surface area contributed by atoms with Gasteiger partial charge in [-0.1, -0.05) is 0 Å². The van der Waals surface area contributed by atoms with Crippen LogP contribution in [0.3, 0.4) is 0 Å². The lowest BCUT2D eigenvalue weighted by Crippen LogP contribution is -2.44. The zero-order valence-corrected chi connectivity index (χ0v) is 14.9. The fourth-order valence-electron chi connectivity index (χ4n) is 2.32. The molecule has 23 heavy (non-hydrogen) atoms. The minimum Gasteiger partial charge on any atom is -0.351 e. The summed E-state index contributed by atoms with van der Waals surface area (Å²) in [6.07, 6.45) is 0.795. The van der Waals surface area contributed by atoms with E-state index in [1.807, 2.05) is 0 Å². The van der Waals surface area contributed by atoms with Crippen LogP contribution in [0.5, 0.6) is 0 Å². The quantitative estimate of drug-likeness (QED) is 0.566. The van der Waals surface area contributed by atoms with Crippen LogP contribution in [0.25, 0.3) is 0 Å². The molecular weight excluding hydrogens is 336 g/mol. The number of hydrogen-bond acceptors (Lipinski definition) is 6. The molecule has 9 heteroatoms. The van der Waals surface area contributed by atoms with E-state index in [0.29, 0.717) is 17.3 Å². The highest BCUT2D eigenvalue weighted by Gasteiger charge is 2.16. The van der Waals surface area contributed by atoms with Gasteiger partial charge in [-0.3, -0.25) is 4.79 Å². The summed E-state index contributed by atoms with van der Waals surface area (Å²) in [6.45, 7) is 7.17. The van der Waals surface area contributed by atoms with Crippen molar-refractivity contribution in [2.45, 2.75) is 24.1 Å². The van der Waals surface area contributed by atoms with Crippen LogP contribution in [0.1, 0.15) is 18.2 Å². The number of nitrogens with zero attached hydrogens (tertiary/aromatic N) is 1. The van der Waals surface area contributed by atoms with E-state index < -0.39 is 10.0 Å². The van der Waals surface area contributed by atoms with Gasteiger partial charge in [-0.15, -0.1) is 11.3 Å². The number of nitrogens with one attached hydrogen (secondary N) is 3. The van der Waals surface area contributed by atoms with Gasteiger partial charge in [0.2, 0.25) is 15.9 Å². The standard InChI is InChI=1S/C14H24N4O3S2/c1-12(19)16-11-13-3-4-14(22-13)23(20,21)17-5-2-8-18-9-6-15-7-10-18/h3-4,15,17H,2,5-11H2,1H3,(H,16,19). The van der Waals surface area contributed by atoms with Crippen LogP contribution in [0.2, 0.25) is 0 Å². The van der Waals surface area contributed by atoms with Crippen LogP contribution < -0.4 is 15.4 Å². The Hall–Kier alpha value is -1.00. The molecule has 0 radical (unpaired) electrons. The SMILES string of the molecule is CC(=O)NCc1ccc(S(=O)(=O)NCCCN2CCNCC2)s1. The van der Waals surface area contributed by atoms with Crippen molar-refractivity contribution in [1.29, 1.82) is 0 Å². The molecule has 2 heterocycles. The Balaban J connectivity index is 1.76. The third-order valence-electron chi connectivity index (χ3n) is 3.57. The van der Waals surface area contributed by atoms with Crippen molar-refractivity contribution >= 4 is 27.3 Å². The van der Waals surface area contributed by atoms with E-state index in [0.717, 1.165) is 44.0 Å². The minimum atomic E-state index is -3.46. The summed E-state index contributed by atoms with van der Waals surface area (Å²) in [5.74, 6) is -0.131. The number of hydrogen-bond donors (Lipinski definition) is 3. The third kappa shape index (κ3) is 6.19. The molecule has 0 spiro atoms. The lowest BCUT2D eigenvalue weighted by Gasteiger charge is -2.26. The largest absolute Gasteiger partial charge is 0.351 e. The summed E-state index contributed by atoms with van der Waals surface area (Å²) in [6, 6.07) is 3.32. The Morgan fingerprint density at radius 1 is 1.35 bits per heavy atom. The van der Waals surface area contributed by atoms with Crippen molar-refractivity contribution in [3.63, 3.8) is 0 Å². The first-order chi connectivity index (χ1) is 11.0. The number of thiophene rings is 1. The second-order valence-corrected chi connectivity index (χ2v) is 8.64. The molecule has 1 aromatic rings. The van der Waals surface area contributed by atoms with Crippen LogP contribution in [0.15, 0.2) is 16.3 Å². The summed E-state index contributed by atoms with van der Waals surface area (Å²) >= 11 is 1.18. The van der Waals surface area contributed by atoms with Crippen LogP contribution in [-0.2, 0) is 21.4 Å². The van der Waals surface area contributed by atoms with Crippen LogP contribution in [-0.4, -0.2) is 58.5 Å². The summed E-state index contributed by atoms with van der Waals surface area (Å²) in [5, 5.41) is 5.95. The van der Waals surface area contributed by atoms with E-state index in [1.165, 1.54) is 18.3 Å². The van der Waals surface area contributed by atoms with Gasteiger partial charge in [-0.2, -0.15) is 0 Å². The lowest BCUT2D eigenvalue weighted by molar-refractivity contribution is -0.119. The average Bonchev–Trinajstić information content (AvgIpc) is 3.00. The second-order valence-electron chi connectivity index (χ2n) is 5.47. The molecule has 0 saturated carbocycles. The van der Waals surface area contributed by atoms with Gasteiger partial charge in [-0.05, 0) is 25.1 Å². The van der Waals surface area contributed by atoms with Gasteiger partial charge in [0.15, 0.2) is 0 Å². The number of carbonyl (C=O) groups is 1. The predicted molar refractivity (Wildman–Crippen MR) is 91.0 cm³/mol. The molecule has 3 N–H and O–H groups in total. The van der Waals surface area contributed by atoms with Crippen molar-refractivity contribution in [2.24, 2.45) is 0 Å². The second kappa shape index (κ2) is 8.74. The molecule has 1 amide bonds. The molecule has 0 aliphatic carbocycles. The molecule has 130 valence electrons. The fourth-order valence-corrected chi connectivity index (χ4v) is 4.74. The van der Waals surface area contributed by atoms with Crippen LogP contribution in [0, 0.1) is 0 Å². The molecule has 7 nitrogen and oxygen atoms in total. The zero-order chi connectivity index (χ0) is 16.7. The lowest BCUT2D eigenvalue weighted by atomic mass is 10.3. The van der Waals surface area contributed by atoms with Gasteiger partial charge >= 0.3 is 0 Å². The Morgan fingerprint density at radius 2 is 2.09 bits per heavy atom. The van der Waals surface area contributed by atoms with Crippen LogP contribution in [0.4, 0.5) is 0 Å². The maximum absolute atomic E-state index is 12.2. The Morgan fingerprint density at radius 3 is 2.78 bits per heavy atom. The first kappa shape index (κ1) is 18.3. The topological polar surface area (TPSA) is 90.5 Å².